The lowest BCUT2D eigenvalue weighted by Crippen LogP contribution is -2.40. The van der Waals surface area contributed by atoms with Crippen molar-refractivity contribution in [2.24, 2.45) is 0 Å². The number of halogens is 1. The van der Waals surface area contributed by atoms with E-state index in [1.54, 1.807) is 6.07 Å². The van der Waals surface area contributed by atoms with Crippen LogP contribution in [0.15, 0.2) is 12.1 Å². The lowest BCUT2D eigenvalue weighted by molar-refractivity contribution is -0.137. The van der Waals surface area contributed by atoms with E-state index in [-0.39, 0.29) is 0 Å². The van der Waals surface area contributed by atoms with Gasteiger partial charge in [-0.05, 0) is 19.2 Å². The van der Waals surface area contributed by atoms with Crippen molar-refractivity contribution in [3.63, 3.8) is 0 Å². The fraction of sp³-hybridized carbons (Fsp3) is 0.250. The highest BCUT2D eigenvalue weighted by Gasteiger charge is 2.26. The number of likely N-dealkylation sites (N-methyl/N-ethyl adjacent to an activating group) is 1. The lowest BCUT2D eigenvalue weighted by atomic mass is 10.1. The molecule has 1 heterocycles. The number of hydrogen-bond acceptors (Lipinski definition) is 4. The molecule has 1 rings (SSSR count). The number of thiophene rings is 1. The van der Waals surface area contributed by atoms with Crippen molar-refractivity contribution in [3.8, 4) is 0 Å². The summed E-state index contributed by atoms with van der Waals surface area (Å²) in [5.41, 5.74) is 0. The molecule has 0 radical (unpaired) electrons. The zero-order chi connectivity index (χ0) is 10.7. The Hall–Kier alpha value is -0.910. The van der Waals surface area contributed by atoms with Gasteiger partial charge in [0.15, 0.2) is 6.04 Å². The van der Waals surface area contributed by atoms with E-state index in [9.17, 15) is 9.59 Å². The molecule has 0 fully saturated rings. The smallest absolute Gasteiger partial charge is 0.328 e. The van der Waals surface area contributed by atoms with Gasteiger partial charge in [-0.15, -0.1) is 11.3 Å². The predicted octanol–water partition coefficient (Wildman–Crippen LogP) is 1.26. The standard InChI is InChI=1S/C8H8ClNO3S/c1-10-6(8(12)13)7(11)4-2-3-5(9)14-4/h2-3,6,10H,1H3,(H,12,13). The minimum atomic E-state index is -1.20. The molecule has 0 amide bonds. The molecule has 76 valence electrons. The van der Waals surface area contributed by atoms with Crippen molar-refractivity contribution in [3.05, 3.63) is 21.3 Å². The molecule has 0 aliphatic rings. The monoisotopic (exact) mass is 233 g/mol. The van der Waals surface area contributed by atoms with Gasteiger partial charge in [0, 0.05) is 0 Å². The average molecular weight is 234 g/mol. The average Bonchev–Trinajstić information content (AvgIpc) is 2.52. The summed E-state index contributed by atoms with van der Waals surface area (Å²) in [4.78, 5) is 22.5. The third kappa shape index (κ3) is 2.31. The molecular formula is C8H8ClNO3S. The molecule has 0 saturated heterocycles. The first-order valence-electron chi connectivity index (χ1n) is 3.76. The molecule has 0 spiro atoms. The summed E-state index contributed by atoms with van der Waals surface area (Å²) in [6.45, 7) is 0. The summed E-state index contributed by atoms with van der Waals surface area (Å²) in [5.74, 6) is -1.67. The van der Waals surface area contributed by atoms with Gasteiger partial charge in [0.2, 0.25) is 5.78 Å². The molecule has 4 nitrogen and oxygen atoms in total. The molecule has 6 heteroatoms. The van der Waals surface area contributed by atoms with Crippen molar-refractivity contribution in [2.45, 2.75) is 6.04 Å². The summed E-state index contributed by atoms with van der Waals surface area (Å²) in [6.07, 6.45) is 0. The van der Waals surface area contributed by atoms with Gasteiger partial charge in [-0.1, -0.05) is 11.6 Å². The van der Waals surface area contributed by atoms with E-state index in [4.69, 9.17) is 16.7 Å². The quantitative estimate of drug-likeness (QED) is 0.607. The van der Waals surface area contributed by atoms with Crippen LogP contribution < -0.4 is 5.32 Å². The van der Waals surface area contributed by atoms with Crippen LogP contribution in [0.3, 0.4) is 0 Å². The Morgan fingerprint density at radius 2 is 2.21 bits per heavy atom. The number of Topliss-reactive ketones (excluding diaryl/α,β-unsaturated/α-hetero) is 1. The Morgan fingerprint density at radius 3 is 2.57 bits per heavy atom. The largest absolute Gasteiger partial charge is 0.480 e. The van der Waals surface area contributed by atoms with Crippen LogP contribution in [0.2, 0.25) is 4.34 Å². The number of carboxylic acid groups (broad SMARTS) is 1. The Labute approximate surface area is 89.5 Å². The Bertz CT molecular complexity index is 363. The SMILES string of the molecule is CNC(C(=O)O)C(=O)c1ccc(Cl)s1. The van der Waals surface area contributed by atoms with Crippen molar-refractivity contribution < 1.29 is 14.7 Å². The maximum absolute atomic E-state index is 11.5. The van der Waals surface area contributed by atoms with Gasteiger partial charge in [0.1, 0.15) is 0 Å². The van der Waals surface area contributed by atoms with Gasteiger partial charge < -0.3 is 10.4 Å². The van der Waals surface area contributed by atoms with Crippen LogP contribution in [-0.2, 0) is 4.79 Å². The topological polar surface area (TPSA) is 66.4 Å². The molecule has 0 aliphatic carbocycles. The van der Waals surface area contributed by atoms with E-state index in [2.05, 4.69) is 5.32 Å². The van der Waals surface area contributed by atoms with Crippen LogP contribution in [0, 0.1) is 0 Å². The number of aliphatic carboxylic acids is 1. The van der Waals surface area contributed by atoms with E-state index < -0.39 is 17.8 Å². The molecule has 0 aromatic carbocycles. The second-order valence-electron chi connectivity index (χ2n) is 2.53. The summed E-state index contributed by atoms with van der Waals surface area (Å²) < 4.78 is 0.466. The molecule has 0 bridgehead atoms. The van der Waals surface area contributed by atoms with E-state index >= 15 is 0 Å². The zero-order valence-electron chi connectivity index (χ0n) is 7.28. The van der Waals surface area contributed by atoms with Crippen molar-refractivity contribution in [1.29, 1.82) is 0 Å². The van der Waals surface area contributed by atoms with Gasteiger partial charge in [-0.25, -0.2) is 0 Å². The number of nitrogens with one attached hydrogen (secondary N) is 1. The molecular weight excluding hydrogens is 226 g/mol. The molecule has 0 saturated carbocycles. The molecule has 14 heavy (non-hydrogen) atoms. The molecule has 1 atom stereocenters. The number of rotatable bonds is 4. The first kappa shape index (κ1) is 11.2. The maximum atomic E-state index is 11.5. The molecule has 1 aromatic heterocycles. The number of carbonyl (C=O) groups excluding carboxylic acids is 1. The summed E-state index contributed by atoms with van der Waals surface area (Å²) in [7, 11) is 1.42. The number of carboxylic acids is 1. The van der Waals surface area contributed by atoms with Gasteiger partial charge in [-0.3, -0.25) is 9.59 Å². The second-order valence-corrected chi connectivity index (χ2v) is 4.24. The van der Waals surface area contributed by atoms with Crippen LogP contribution >= 0.6 is 22.9 Å². The summed E-state index contributed by atoms with van der Waals surface area (Å²) in [5, 5.41) is 11.1. The Kier molecular flexibility index (Phi) is 3.62. The van der Waals surface area contributed by atoms with E-state index in [0.717, 1.165) is 11.3 Å². The Morgan fingerprint density at radius 1 is 1.57 bits per heavy atom. The highest BCUT2D eigenvalue weighted by Crippen LogP contribution is 2.22. The molecule has 0 aliphatic heterocycles. The second kappa shape index (κ2) is 4.54. The number of carbonyl (C=O) groups is 2. The van der Waals surface area contributed by atoms with Crippen molar-refractivity contribution in [2.75, 3.05) is 7.05 Å². The van der Waals surface area contributed by atoms with Crippen LogP contribution in [0.4, 0.5) is 0 Å². The lowest BCUT2D eigenvalue weighted by Gasteiger charge is -2.07. The normalized spacial score (nSPS) is 12.4. The van der Waals surface area contributed by atoms with E-state index in [1.807, 2.05) is 0 Å². The predicted molar refractivity (Wildman–Crippen MR) is 54.1 cm³/mol. The van der Waals surface area contributed by atoms with Crippen molar-refractivity contribution in [1.82, 2.24) is 5.32 Å². The van der Waals surface area contributed by atoms with Gasteiger partial charge in [0.05, 0.1) is 9.21 Å². The van der Waals surface area contributed by atoms with Crippen LogP contribution in [0.1, 0.15) is 9.67 Å². The molecule has 2 N–H and O–H groups in total. The van der Waals surface area contributed by atoms with Gasteiger partial charge in [-0.2, -0.15) is 0 Å². The molecule has 1 unspecified atom stereocenters. The zero-order valence-corrected chi connectivity index (χ0v) is 8.85. The highest BCUT2D eigenvalue weighted by molar-refractivity contribution is 7.18. The number of ketones is 1. The summed E-state index contributed by atoms with van der Waals surface area (Å²) >= 11 is 6.70. The fourth-order valence-corrected chi connectivity index (χ4v) is 1.97. The minimum Gasteiger partial charge on any atom is -0.480 e. The fourth-order valence-electron chi connectivity index (χ4n) is 0.956. The van der Waals surface area contributed by atoms with E-state index in [0.29, 0.717) is 9.21 Å². The number of hydrogen-bond donors (Lipinski definition) is 2. The first-order valence-corrected chi connectivity index (χ1v) is 4.95. The third-order valence-corrected chi connectivity index (χ3v) is 2.86. The van der Waals surface area contributed by atoms with Gasteiger partial charge >= 0.3 is 5.97 Å². The molecule has 1 aromatic rings. The van der Waals surface area contributed by atoms with Crippen LogP contribution in [0.5, 0.6) is 0 Å². The van der Waals surface area contributed by atoms with Crippen molar-refractivity contribution >= 4 is 34.7 Å². The van der Waals surface area contributed by atoms with Crippen LogP contribution in [-0.4, -0.2) is 29.9 Å². The summed E-state index contributed by atoms with van der Waals surface area (Å²) in [6, 6.07) is 1.88. The Balaban J connectivity index is 2.88. The highest BCUT2D eigenvalue weighted by atomic mass is 35.5. The van der Waals surface area contributed by atoms with Crippen LogP contribution in [0.25, 0.3) is 0 Å². The first-order chi connectivity index (χ1) is 6.56. The van der Waals surface area contributed by atoms with Gasteiger partial charge in [0.25, 0.3) is 0 Å². The van der Waals surface area contributed by atoms with E-state index in [1.165, 1.54) is 13.1 Å². The third-order valence-electron chi connectivity index (χ3n) is 1.61. The maximum Gasteiger partial charge on any atom is 0.328 e. The minimum absolute atomic E-state index is 0.344.